The molecule has 0 bridgehead atoms. The van der Waals surface area contributed by atoms with Crippen molar-refractivity contribution in [3.05, 3.63) is 249 Å². The molecule has 12 aromatic rings. The number of fused-ring (bicyclic) bond motifs is 6. The van der Waals surface area contributed by atoms with Crippen LogP contribution in [0, 0.1) is 0 Å². The van der Waals surface area contributed by atoms with Crippen LogP contribution in [0.25, 0.3) is 97.4 Å². The minimum Gasteiger partial charge on any atom is -0.309 e. The van der Waals surface area contributed by atoms with Gasteiger partial charge in [0.25, 0.3) is 0 Å². The van der Waals surface area contributed by atoms with Crippen LogP contribution in [-0.4, -0.2) is 0 Å². The summed E-state index contributed by atoms with van der Waals surface area (Å²) in [5.41, 5.74) is 15.4. The normalized spacial score (nSPS) is 11.4. The van der Waals surface area contributed by atoms with Crippen molar-refractivity contribution in [1.82, 2.24) is 0 Å². The lowest BCUT2D eigenvalue weighted by Gasteiger charge is -2.31. The van der Waals surface area contributed by atoms with E-state index in [1.54, 1.807) is 0 Å². The maximum Gasteiger partial charge on any atom is 0.0624 e. The Balaban J connectivity index is 1.02. The van der Waals surface area contributed by atoms with Crippen molar-refractivity contribution < 1.29 is 0 Å². The van der Waals surface area contributed by atoms with Gasteiger partial charge in [0.15, 0.2) is 0 Å². The molecule has 11 aromatic carbocycles. The topological polar surface area (TPSA) is 3.24 Å². The van der Waals surface area contributed by atoms with E-state index in [1.165, 1.54) is 97.4 Å². The third-order valence-electron chi connectivity index (χ3n) is 12.7. The molecule has 0 amide bonds. The van der Waals surface area contributed by atoms with E-state index in [0.717, 1.165) is 17.1 Å². The second-order valence-electron chi connectivity index (χ2n) is 16.4. The van der Waals surface area contributed by atoms with E-state index >= 15 is 0 Å². The molecule has 0 aliphatic carbocycles. The van der Waals surface area contributed by atoms with E-state index in [1.807, 2.05) is 11.3 Å². The average Bonchev–Trinajstić information content (AvgIpc) is 3.75. The summed E-state index contributed by atoms with van der Waals surface area (Å²) in [5.74, 6) is 0. The Kier molecular flexibility index (Phi) is 9.43. The largest absolute Gasteiger partial charge is 0.309 e. The number of rotatable bonds is 8. The molecular formula is C62H41NS. The monoisotopic (exact) mass is 831 g/mol. The fourth-order valence-corrected chi connectivity index (χ4v) is 10.7. The smallest absolute Gasteiger partial charge is 0.0624 e. The molecule has 0 aliphatic heterocycles. The molecule has 2 heteroatoms. The summed E-state index contributed by atoms with van der Waals surface area (Å²) in [6.45, 7) is 0. The van der Waals surface area contributed by atoms with Gasteiger partial charge in [-0.2, -0.15) is 0 Å². The fourth-order valence-electron chi connectivity index (χ4n) is 9.54. The standard InChI is InChI=1S/C62H41NS/c1-3-14-42(15-4-1)44-26-28-45(29-27-44)46-30-32-47(33-31-46)48-34-36-51(37-35-48)63(52-38-39-56-55-22-11-12-25-59(55)64-60(56)41-52)62-58-24-10-8-21-54(58)53-20-7-9-23-57(53)61(62)50-19-13-18-49(40-50)43-16-5-2-6-17-43/h1-41H. The van der Waals surface area contributed by atoms with Gasteiger partial charge in [-0.1, -0.05) is 212 Å². The van der Waals surface area contributed by atoms with Crippen LogP contribution in [0.1, 0.15) is 0 Å². The van der Waals surface area contributed by atoms with Crippen LogP contribution in [0.15, 0.2) is 249 Å². The van der Waals surface area contributed by atoms with Crippen LogP contribution >= 0.6 is 11.3 Å². The fraction of sp³-hybridized carbons (Fsp3) is 0. The van der Waals surface area contributed by atoms with Crippen LogP contribution in [0.5, 0.6) is 0 Å². The van der Waals surface area contributed by atoms with Crippen molar-refractivity contribution in [2.45, 2.75) is 0 Å². The lowest BCUT2D eigenvalue weighted by atomic mass is 9.89. The Morgan fingerprint density at radius 1 is 0.234 bits per heavy atom. The van der Waals surface area contributed by atoms with E-state index in [9.17, 15) is 0 Å². The van der Waals surface area contributed by atoms with E-state index in [-0.39, 0.29) is 0 Å². The molecule has 1 aromatic heterocycles. The first kappa shape index (κ1) is 37.7. The van der Waals surface area contributed by atoms with E-state index in [2.05, 4.69) is 254 Å². The average molecular weight is 832 g/mol. The molecule has 300 valence electrons. The van der Waals surface area contributed by atoms with Crippen molar-refractivity contribution in [2.75, 3.05) is 4.90 Å². The maximum atomic E-state index is 2.51. The molecule has 1 heterocycles. The van der Waals surface area contributed by atoms with Crippen molar-refractivity contribution in [2.24, 2.45) is 0 Å². The number of benzene rings is 11. The molecule has 0 N–H and O–H groups in total. The highest BCUT2D eigenvalue weighted by molar-refractivity contribution is 7.25. The SMILES string of the molecule is c1ccc(-c2ccc(-c3ccc(-c4ccc(N(c5ccc6c(c5)sc5ccccc56)c5c(-c6cccc(-c7ccccc7)c6)c6ccccc6c6ccccc56)cc4)cc3)cc2)cc1. The predicted octanol–water partition coefficient (Wildman–Crippen LogP) is 18.2. The van der Waals surface area contributed by atoms with Gasteiger partial charge in [-0.15, -0.1) is 11.3 Å². The van der Waals surface area contributed by atoms with E-state index in [4.69, 9.17) is 0 Å². The Morgan fingerprint density at radius 2 is 0.641 bits per heavy atom. The number of nitrogens with zero attached hydrogens (tertiary/aromatic N) is 1. The second-order valence-corrected chi connectivity index (χ2v) is 17.5. The van der Waals surface area contributed by atoms with Crippen LogP contribution in [0.4, 0.5) is 17.1 Å². The highest BCUT2D eigenvalue weighted by Crippen LogP contribution is 2.51. The molecule has 0 radical (unpaired) electrons. The van der Waals surface area contributed by atoms with Crippen molar-refractivity contribution in [3.8, 4) is 55.6 Å². The lowest BCUT2D eigenvalue weighted by molar-refractivity contribution is 1.31. The van der Waals surface area contributed by atoms with Crippen LogP contribution in [-0.2, 0) is 0 Å². The van der Waals surface area contributed by atoms with Gasteiger partial charge in [0, 0.05) is 42.5 Å². The summed E-state index contributed by atoms with van der Waals surface area (Å²) in [6.07, 6.45) is 0. The molecule has 64 heavy (non-hydrogen) atoms. The van der Waals surface area contributed by atoms with Crippen molar-refractivity contribution in [1.29, 1.82) is 0 Å². The van der Waals surface area contributed by atoms with Gasteiger partial charge < -0.3 is 4.90 Å². The van der Waals surface area contributed by atoms with Gasteiger partial charge >= 0.3 is 0 Å². The van der Waals surface area contributed by atoms with Gasteiger partial charge in [-0.25, -0.2) is 0 Å². The van der Waals surface area contributed by atoms with E-state index in [0.29, 0.717) is 0 Å². The molecule has 0 saturated heterocycles. The Bertz CT molecular complexity index is 3630. The highest BCUT2D eigenvalue weighted by atomic mass is 32.1. The number of anilines is 3. The zero-order valence-corrected chi connectivity index (χ0v) is 35.8. The van der Waals surface area contributed by atoms with Gasteiger partial charge in [-0.3, -0.25) is 0 Å². The summed E-state index contributed by atoms with van der Waals surface area (Å²) in [5, 5.41) is 7.49. The van der Waals surface area contributed by atoms with E-state index < -0.39 is 0 Å². The molecule has 0 aliphatic rings. The van der Waals surface area contributed by atoms with Crippen LogP contribution < -0.4 is 4.90 Å². The zero-order valence-electron chi connectivity index (χ0n) is 35.0. The summed E-state index contributed by atoms with van der Waals surface area (Å²) >= 11 is 1.86. The third-order valence-corrected chi connectivity index (χ3v) is 13.8. The number of hydrogen-bond donors (Lipinski definition) is 0. The summed E-state index contributed by atoms with van der Waals surface area (Å²) < 4.78 is 2.57. The first-order valence-corrected chi connectivity index (χ1v) is 22.7. The second kappa shape index (κ2) is 16.0. The van der Waals surface area contributed by atoms with Crippen LogP contribution in [0.3, 0.4) is 0 Å². The first-order chi connectivity index (χ1) is 31.7. The number of hydrogen-bond acceptors (Lipinski definition) is 2. The third kappa shape index (κ3) is 6.73. The van der Waals surface area contributed by atoms with Gasteiger partial charge in [0.1, 0.15) is 0 Å². The highest BCUT2D eigenvalue weighted by Gasteiger charge is 2.24. The van der Waals surface area contributed by atoms with Gasteiger partial charge in [-0.05, 0) is 103 Å². The summed E-state index contributed by atoms with van der Waals surface area (Å²) in [4.78, 5) is 2.51. The molecule has 12 rings (SSSR count). The maximum absolute atomic E-state index is 2.51. The van der Waals surface area contributed by atoms with Crippen molar-refractivity contribution >= 4 is 70.1 Å². The predicted molar refractivity (Wildman–Crippen MR) is 276 cm³/mol. The summed E-state index contributed by atoms with van der Waals surface area (Å²) in [7, 11) is 0. The lowest BCUT2D eigenvalue weighted by Crippen LogP contribution is -2.12. The molecule has 1 nitrogen and oxygen atoms in total. The molecule has 0 spiro atoms. The van der Waals surface area contributed by atoms with Crippen molar-refractivity contribution in [3.63, 3.8) is 0 Å². The molecule has 0 unspecified atom stereocenters. The quantitative estimate of drug-likeness (QED) is 0.138. The Labute approximate surface area is 377 Å². The molecule has 0 fully saturated rings. The summed E-state index contributed by atoms with van der Waals surface area (Å²) in [6, 6.07) is 91.0. The van der Waals surface area contributed by atoms with Gasteiger partial charge in [0.05, 0.1) is 5.69 Å². The van der Waals surface area contributed by atoms with Crippen LogP contribution in [0.2, 0.25) is 0 Å². The molecule has 0 saturated carbocycles. The first-order valence-electron chi connectivity index (χ1n) is 21.9. The molecular weight excluding hydrogens is 791 g/mol. The number of thiophene rings is 1. The minimum atomic E-state index is 1.10. The molecule has 0 atom stereocenters. The Morgan fingerprint density at radius 3 is 1.25 bits per heavy atom. The zero-order chi connectivity index (χ0) is 42.4. The minimum absolute atomic E-state index is 1.10. The Hall–Kier alpha value is -8.04. The van der Waals surface area contributed by atoms with Gasteiger partial charge in [0.2, 0.25) is 0 Å².